The number of nitrogens with zero attached hydrogens (tertiary/aromatic N) is 2. The first-order chi connectivity index (χ1) is 13.0. The fourth-order valence-corrected chi connectivity index (χ4v) is 4.61. The summed E-state index contributed by atoms with van der Waals surface area (Å²) in [4.78, 5) is 21.1. The van der Waals surface area contributed by atoms with Gasteiger partial charge in [-0.1, -0.05) is 6.07 Å². The van der Waals surface area contributed by atoms with Crippen LogP contribution in [0.15, 0.2) is 48.8 Å². The normalized spacial score (nSPS) is 23.9. The monoisotopic (exact) mass is 387 g/mol. The van der Waals surface area contributed by atoms with Crippen LogP contribution in [0.1, 0.15) is 28.0 Å². The number of nitrogens with one attached hydrogen (secondary N) is 1. The summed E-state index contributed by atoms with van der Waals surface area (Å²) in [6.45, 7) is 1.75. The lowest BCUT2D eigenvalue weighted by molar-refractivity contribution is -0.136. The molecule has 2 heterocycles. The Bertz CT molecular complexity index is 1010. The number of carbonyl (C=O) groups excluding carboxylic acids is 1. The van der Waals surface area contributed by atoms with Crippen molar-refractivity contribution in [3.05, 3.63) is 70.7 Å². The number of alkyl halides is 1. The largest absolute Gasteiger partial charge is 0.289 e. The van der Waals surface area contributed by atoms with E-state index in [2.05, 4.69) is 9.97 Å². The first kappa shape index (κ1) is 17.7. The average molecular weight is 387 g/mol. The van der Waals surface area contributed by atoms with Crippen molar-refractivity contribution in [3.8, 4) is 10.6 Å². The number of carbonyl (C=O) groups is 1. The number of aromatic nitrogens is 2. The molecule has 2 N–H and O–H groups in total. The first-order valence-electron chi connectivity index (χ1n) is 8.23. The highest BCUT2D eigenvalue weighted by Crippen LogP contribution is 2.67. The van der Waals surface area contributed by atoms with E-state index in [-0.39, 0.29) is 5.82 Å². The predicted octanol–water partition coefficient (Wildman–Crippen LogP) is 3.75. The number of aryl methyl sites for hydroxylation is 1. The second-order valence-corrected chi connectivity index (χ2v) is 7.48. The molecular weight excluding hydrogens is 372 g/mol. The lowest BCUT2D eigenvalue weighted by Crippen LogP contribution is -2.33. The molecule has 0 spiro atoms. The lowest BCUT2D eigenvalue weighted by atomic mass is 10.1. The summed E-state index contributed by atoms with van der Waals surface area (Å²) < 4.78 is 28.7. The van der Waals surface area contributed by atoms with Crippen molar-refractivity contribution in [2.75, 3.05) is 0 Å². The zero-order chi connectivity index (χ0) is 19.2. The Morgan fingerprint density at radius 3 is 2.63 bits per heavy atom. The minimum Gasteiger partial charge on any atom is -0.289 e. The molecule has 3 atom stereocenters. The van der Waals surface area contributed by atoms with Gasteiger partial charge in [0, 0.05) is 40.4 Å². The van der Waals surface area contributed by atoms with E-state index in [1.807, 2.05) is 0 Å². The van der Waals surface area contributed by atoms with Gasteiger partial charge in [-0.3, -0.25) is 15.0 Å². The van der Waals surface area contributed by atoms with Gasteiger partial charge in [-0.05, 0) is 42.8 Å². The number of hydrogen-bond donors (Lipinski definition) is 2. The molecule has 8 heteroatoms. The molecule has 0 aliphatic heterocycles. The van der Waals surface area contributed by atoms with Gasteiger partial charge in [0.05, 0.1) is 0 Å². The fourth-order valence-electron chi connectivity index (χ4n) is 3.48. The SMILES string of the molecule is Cc1ncccc1C1C(c2cnc(-c3ccc(F)cc3)s2)C1(F)C(=O)NO. The van der Waals surface area contributed by atoms with Gasteiger partial charge in [0.2, 0.25) is 5.67 Å². The second kappa shape index (κ2) is 6.47. The standard InChI is InChI=1S/C19H15F2N3O2S/c1-10-13(3-2-8-22-10)15-16(19(15,21)18(25)24-26)14-9-23-17(27-14)11-4-6-12(20)7-5-11/h2-9,15-16,26H,1H3,(H,24,25). The summed E-state index contributed by atoms with van der Waals surface area (Å²) in [6, 6.07) is 9.26. The molecule has 0 radical (unpaired) electrons. The van der Waals surface area contributed by atoms with E-state index in [0.717, 1.165) is 0 Å². The smallest absolute Gasteiger partial charge is 0.282 e. The molecule has 1 aliphatic carbocycles. The Hall–Kier alpha value is -2.71. The Morgan fingerprint density at radius 2 is 1.96 bits per heavy atom. The molecule has 1 saturated carbocycles. The topological polar surface area (TPSA) is 75.1 Å². The van der Waals surface area contributed by atoms with Crippen LogP contribution in [0, 0.1) is 12.7 Å². The average Bonchev–Trinajstić information content (AvgIpc) is 3.04. The molecule has 1 amide bonds. The van der Waals surface area contributed by atoms with Gasteiger partial charge in [0.1, 0.15) is 10.8 Å². The van der Waals surface area contributed by atoms with Gasteiger partial charge in [-0.2, -0.15) is 0 Å². The Kier molecular flexibility index (Phi) is 4.24. The van der Waals surface area contributed by atoms with Gasteiger partial charge >= 0.3 is 0 Å². The van der Waals surface area contributed by atoms with E-state index in [4.69, 9.17) is 5.21 Å². The van der Waals surface area contributed by atoms with E-state index >= 15 is 4.39 Å². The molecule has 1 fully saturated rings. The molecule has 138 valence electrons. The maximum atomic E-state index is 15.6. The maximum Gasteiger partial charge on any atom is 0.282 e. The highest BCUT2D eigenvalue weighted by Gasteiger charge is 2.73. The Labute approximate surface area is 157 Å². The van der Waals surface area contributed by atoms with Crippen LogP contribution in [0.3, 0.4) is 0 Å². The molecule has 3 aromatic rings. The van der Waals surface area contributed by atoms with Crippen LogP contribution in [0.5, 0.6) is 0 Å². The summed E-state index contributed by atoms with van der Waals surface area (Å²) in [6.07, 6.45) is 3.13. The van der Waals surface area contributed by atoms with E-state index < -0.39 is 23.4 Å². The van der Waals surface area contributed by atoms with Gasteiger partial charge < -0.3 is 0 Å². The molecule has 3 unspecified atom stereocenters. The van der Waals surface area contributed by atoms with Crippen molar-refractivity contribution in [3.63, 3.8) is 0 Å². The molecule has 4 rings (SSSR count). The van der Waals surface area contributed by atoms with E-state index in [0.29, 0.717) is 26.7 Å². The van der Waals surface area contributed by atoms with E-state index in [1.54, 1.807) is 37.4 Å². The highest BCUT2D eigenvalue weighted by atomic mass is 32.1. The molecule has 5 nitrogen and oxygen atoms in total. The molecular formula is C19H15F2N3O2S. The number of benzene rings is 1. The van der Waals surface area contributed by atoms with Crippen LogP contribution in [-0.4, -0.2) is 26.8 Å². The van der Waals surface area contributed by atoms with Crippen LogP contribution in [-0.2, 0) is 4.79 Å². The minimum absolute atomic E-state index is 0.354. The van der Waals surface area contributed by atoms with Gasteiger partial charge in [-0.25, -0.2) is 19.2 Å². The molecule has 1 aromatic carbocycles. The number of hydroxylamine groups is 1. The third-order valence-corrected chi connectivity index (χ3v) is 6.01. The van der Waals surface area contributed by atoms with Crippen molar-refractivity contribution in [1.29, 1.82) is 0 Å². The van der Waals surface area contributed by atoms with Crippen molar-refractivity contribution in [2.24, 2.45) is 0 Å². The number of pyridine rings is 1. The fraction of sp³-hybridized carbons (Fsp3) is 0.211. The zero-order valence-corrected chi connectivity index (χ0v) is 15.0. The number of amides is 1. The third-order valence-electron chi connectivity index (χ3n) is 4.88. The second-order valence-electron chi connectivity index (χ2n) is 6.42. The van der Waals surface area contributed by atoms with Crippen molar-refractivity contribution < 1.29 is 18.8 Å². The molecule has 0 bridgehead atoms. The van der Waals surface area contributed by atoms with Crippen molar-refractivity contribution >= 4 is 17.2 Å². The van der Waals surface area contributed by atoms with Gasteiger partial charge in [0.25, 0.3) is 5.91 Å². The zero-order valence-electron chi connectivity index (χ0n) is 14.2. The summed E-state index contributed by atoms with van der Waals surface area (Å²) in [5.74, 6) is -2.98. The first-order valence-corrected chi connectivity index (χ1v) is 9.05. The molecule has 2 aromatic heterocycles. The van der Waals surface area contributed by atoms with Crippen LogP contribution < -0.4 is 5.48 Å². The summed E-state index contributed by atoms with van der Waals surface area (Å²) in [5, 5.41) is 9.62. The highest BCUT2D eigenvalue weighted by molar-refractivity contribution is 7.15. The van der Waals surface area contributed by atoms with Gasteiger partial charge in [0.15, 0.2) is 0 Å². The molecule has 27 heavy (non-hydrogen) atoms. The predicted molar refractivity (Wildman–Crippen MR) is 95.7 cm³/mol. The number of hydrogen-bond acceptors (Lipinski definition) is 5. The number of halogens is 2. The molecule has 1 aliphatic rings. The van der Waals surface area contributed by atoms with Crippen LogP contribution in [0.25, 0.3) is 10.6 Å². The van der Waals surface area contributed by atoms with Crippen LogP contribution in [0.2, 0.25) is 0 Å². The Balaban J connectivity index is 1.72. The van der Waals surface area contributed by atoms with E-state index in [1.165, 1.54) is 35.1 Å². The van der Waals surface area contributed by atoms with E-state index in [9.17, 15) is 9.18 Å². The minimum atomic E-state index is -2.28. The van der Waals surface area contributed by atoms with Crippen molar-refractivity contribution in [1.82, 2.24) is 15.4 Å². The number of rotatable bonds is 4. The van der Waals surface area contributed by atoms with Crippen LogP contribution >= 0.6 is 11.3 Å². The van der Waals surface area contributed by atoms with Crippen LogP contribution in [0.4, 0.5) is 8.78 Å². The maximum absolute atomic E-state index is 15.6. The van der Waals surface area contributed by atoms with Crippen molar-refractivity contribution in [2.45, 2.75) is 24.4 Å². The summed E-state index contributed by atoms with van der Waals surface area (Å²) in [5.41, 5.74) is 1.11. The summed E-state index contributed by atoms with van der Waals surface area (Å²) >= 11 is 1.24. The number of thiazole rings is 1. The molecule has 0 saturated heterocycles. The quantitative estimate of drug-likeness (QED) is 0.528. The van der Waals surface area contributed by atoms with Gasteiger partial charge in [-0.15, -0.1) is 11.3 Å². The third kappa shape index (κ3) is 2.81. The lowest BCUT2D eigenvalue weighted by Gasteiger charge is -2.06. The summed E-state index contributed by atoms with van der Waals surface area (Å²) in [7, 11) is 0. The Morgan fingerprint density at radius 1 is 1.22 bits per heavy atom.